The van der Waals surface area contributed by atoms with E-state index in [0.29, 0.717) is 0 Å². The predicted octanol–water partition coefficient (Wildman–Crippen LogP) is 0.691. The number of amides is 1. The molecule has 0 bridgehead atoms. The number of fused-ring (bicyclic) bond motifs is 1. The highest BCUT2D eigenvalue weighted by Crippen LogP contribution is 2.45. The highest BCUT2D eigenvalue weighted by atomic mass is 16.5. The van der Waals surface area contributed by atoms with Gasteiger partial charge in [0.25, 0.3) is 0 Å². The summed E-state index contributed by atoms with van der Waals surface area (Å²) in [7, 11) is 1.28. The first-order valence-electron chi connectivity index (χ1n) is 8.63. The number of carbonyl (C=O) groups excluding carboxylic acids is 5. The summed E-state index contributed by atoms with van der Waals surface area (Å²) in [6, 6.07) is 6.11. The van der Waals surface area contributed by atoms with E-state index in [1.807, 2.05) is 0 Å². The number of rotatable bonds is 4. The molecule has 1 amide bonds. The number of dihydropyridines is 1. The van der Waals surface area contributed by atoms with E-state index in [1.54, 1.807) is 19.1 Å². The molecule has 1 aromatic carbocycles. The number of allylic oxidation sites excluding steroid dienone is 1. The van der Waals surface area contributed by atoms with Gasteiger partial charge in [-0.2, -0.15) is 0 Å². The molecular formula is C20H18N2O6. The minimum absolute atomic E-state index is 0.000479. The summed E-state index contributed by atoms with van der Waals surface area (Å²) in [5.74, 6) is -3.82. The van der Waals surface area contributed by atoms with Gasteiger partial charge in [0.15, 0.2) is 17.0 Å². The van der Waals surface area contributed by atoms with Crippen LogP contribution in [0.1, 0.15) is 34.6 Å². The second-order valence-corrected chi connectivity index (χ2v) is 6.26. The van der Waals surface area contributed by atoms with Crippen LogP contribution < -0.4 is 10.6 Å². The Morgan fingerprint density at radius 2 is 1.71 bits per heavy atom. The molecule has 144 valence electrons. The second kappa shape index (κ2) is 6.88. The minimum Gasteiger partial charge on any atom is -0.463 e. The van der Waals surface area contributed by atoms with Crippen LogP contribution in [0.4, 0.5) is 0 Å². The Labute approximate surface area is 160 Å². The fourth-order valence-corrected chi connectivity index (χ4v) is 3.63. The molecule has 2 aliphatic rings. The lowest BCUT2D eigenvalue weighted by Gasteiger charge is -2.38. The number of hydrogen-bond donors (Lipinski definition) is 2. The topological polar surface area (TPSA) is 119 Å². The number of ether oxygens (including phenoxy) is 1. The molecule has 1 aliphatic heterocycles. The lowest BCUT2D eigenvalue weighted by atomic mass is 9.63. The van der Waals surface area contributed by atoms with Gasteiger partial charge < -0.3 is 15.4 Å². The molecule has 0 spiro atoms. The first kappa shape index (κ1) is 19.2. The first-order valence-corrected chi connectivity index (χ1v) is 8.63. The molecule has 3 rings (SSSR count). The van der Waals surface area contributed by atoms with Gasteiger partial charge in [-0.3, -0.25) is 19.2 Å². The Morgan fingerprint density at radius 3 is 2.25 bits per heavy atom. The highest BCUT2D eigenvalue weighted by Gasteiger charge is 2.59. The van der Waals surface area contributed by atoms with Crippen molar-refractivity contribution in [3.63, 3.8) is 0 Å². The van der Waals surface area contributed by atoms with Crippen molar-refractivity contribution in [3.8, 4) is 0 Å². The standard InChI is InChI=1S/C20H18N2O6/c1-4-28-18(26)13-9-22-15-14(20(13,10(2)23)19(27)21-3)16(24)11-7-5-6-8-12(11)17(15)25/h5-9,22H,4H2,1-3H3,(H,21,27). The van der Waals surface area contributed by atoms with Crippen molar-refractivity contribution in [2.24, 2.45) is 5.41 Å². The van der Waals surface area contributed by atoms with Crippen LogP contribution in [0, 0.1) is 5.41 Å². The summed E-state index contributed by atoms with van der Waals surface area (Å²) < 4.78 is 4.99. The van der Waals surface area contributed by atoms with E-state index in [0.717, 1.165) is 13.1 Å². The third-order valence-electron chi connectivity index (χ3n) is 4.85. The number of carbonyl (C=O) groups is 5. The van der Waals surface area contributed by atoms with Crippen molar-refractivity contribution in [1.29, 1.82) is 0 Å². The van der Waals surface area contributed by atoms with Gasteiger partial charge in [0, 0.05) is 24.4 Å². The minimum atomic E-state index is -2.29. The van der Waals surface area contributed by atoms with Gasteiger partial charge in [0.1, 0.15) is 0 Å². The van der Waals surface area contributed by atoms with Crippen molar-refractivity contribution >= 4 is 29.2 Å². The van der Waals surface area contributed by atoms with Crippen molar-refractivity contribution in [2.45, 2.75) is 13.8 Å². The van der Waals surface area contributed by atoms with Crippen LogP contribution in [0.3, 0.4) is 0 Å². The van der Waals surface area contributed by atoms with Crippen LogP contribution in [0.2, 0.25) is 0 Å². The molecule has 0 radical (unpaired) electrons. The van der Waals surface area contributed by atoms with Gasteiger partial charge in [-0.05, 0) is 13.8 Å². The molecule has 0 saturated carbocycles. The van der Waals surface area contributed by atoms with Crippen molar-refractivity contribution < 1.29 is 28.7 Å². The van der Waals surface area contributed by atoms with Gasteiger partial charge in [-0.1, -0.05) is 24.3 Å². The van der Waals surface area contributed by atoms with Crippen LogP contribution in [0.15, 0.2) is 47.3 Å². The lowest BCUT2D eigenvalue weighted by molar-refractivity contribution is -0.145. The molecule has 1 atom stereocenters. The summed E-state index contributed by atoms with van der Waals surface area (Å²) in [4.78, 5) is 64.6. The SMILES string of the molecule is CCOC(=O)C1=CNC2=C(C(=O)c3ccccc3C2=O)C1(C(C)=O)C(=O)NC. The lowest BCUT2D eigenvalue weighted by Crippen LogP contribution is -2.55. The van der Waals surface area contributed by atoms with Crippen LogP contribution >= 0.6 is 0 Å². The molecule has 0 fully saturated rings. The van der Waals surface area contributed by atoms with E-state index in [2.05, 4.69) is 10.6 Å². The fraction of sp³-hybridized carbons (Fsp3) is 0.250. The molecule has 2 N–H and O–H groups in total. The number of Topliss-reactive ketones (excluding diaryl/α,β-unsaturated/α-hetero) is 3. The summed E-state index contributed by atoms with van der Waals surface area (Å²) in [5, 5.41) is 4.98. The number of benzene rings is 1. The summed E-state index contributed by atoms with van der Waals surface area (Å²) in [6.07, 6.45) is 1.09. The first-order chi connectivity index (χ1) is 13.3. The molecule has 0 saturated heterocycles. The second-order valence-electron chi connectivity index (χ2n) is 6.26. The van der Waals surface area contributed by atoms with E-state index in [4.69, 9.17) is 4.74 Å². The van der Waals surface area contributed by atoms with Gasteiger partial charge in [0.2, 0.25) is 11.7 Å². The summed E-state index contributed by atoms with van der Waals surface area (Å²) >= 11 is 0. The predicted molar refractivity (Wildman–Crippen MR) is 97.2 cm³/mol. The Morgan fingerprint density at radius 1 is 1.11 bits per heavy atom. The normalized spacial score (nSPS) is 20.5. The number of nitrogens with one attached hydrogen (secondary N) is 2. The van der Waals surface area contributed by atoms with E-state index in [-0.39, 0.29) is 34.6 Å². The third-order valence-corrected chi connectivity index (χ3v) is 4.85. The van der Waals surface area contributed by atoms with Crippen LogP contribution in [-0.4, -0.2) is 42.9 Å². The average Bonchev–Trinajstić information content (AvgIpc) is 2.70. The maximum atomic E-state index is 13.3. The molecule has 1 heterocycles. The Hall–Kier alpha value is -3.55. The van der Waals surface area contributed by atoms with Gasteiger partial charge >= 0.3 is 5.97 Å². The molecule has 0 aromatic heterocycles. The van der Waals surface area contributed by atoms with Crippen molar-refractivity contribution in [3.05, 3.63) is 58.4 Å². The zero-order valence-corrected chi connectivity index (χ0v) is 15.5. The Kier molecular flexibility index (Phi) is 4.72. The quantitative estimate of drug-likeness (QED) is 0.581. The van der Waals surface area contributed by atoms with Gasteiger partial charge in [-0.25, -0.2) is 4.79 Å². The van der Waals surface area contributed by atoms with Crippen LogP contribution in [0.5, 0.6) is 0 Å². The zero-order valence-electron chi connectivity index (χ0n) is 15.5. The Balaban J connectivity index is 2.36. The van der Waals surface area contributed by atoms with Crippen molar-refractivity contribution in [2.75, 3.05) is 13.7 Å². The van der Waals surface area contributed by atoms with E-state index >= 15 is 0 Å². The number of ketones is 3. The van der Waals surface area contributed by atoms with Crippen LogP contribution in [-0.2, 0) is 19.1 Å². The largest absolute Gasteiger partial charge is 0.463 e. The summed E-state index contributed by atoms with van der Waals surface area (Å²) in [5.41, 5.74) is -2.99. The maximum absolute atomic E-state index is 13.3. The van der Waals surface area contributed by atoms with Gasteiger partial charge in [0.05, 0.1) is 23.5 Å². The van der Waals surface area contributed by atoms with E-state index in [1.165, 1.54) is 19.2 Å². The number of esters is 1. The highest BCUT2D eigenvalue weighted by molar-refractivity contribution is 6.34. The number of hydrogen-bond acceptors (Lipinski definition) is 7. The molecule has 8 heteroatoms. The van der Waals surface area contributed by atoms with Crippen molar-refractivity contribution in [1.82, 2.24) is 10.6 Å². The molecule has 1 aromatic rings. The monoisotopic (exact) mass is 382 g/mol. The van der Waals surface area contributed by atoms with Crippen LogP contribution in [0.25, 0.3) is 0 Å². The molecule has 8 nitrogen and oxygen atoms in total. The fourth-order valence-electron chi connectivity index (χ4n) is 3.63. The third kappa shape index (κ3) is 2.41. The smallest absolute Gasteiger partial charge is 0.337 e. The average molecular weight is 382 g/mol. The molecule has 1 unspecified atom stereocenters. The molecule has 28 heavy (non-hydrogen) atoms. The maximum Gasteiger partial charge on any atom is 0.337 e. The van der Waals surface area contributed by atoms with Gasteiger partial charge in [-0.15, -0.1) is 0 Å². The molecule has 1 aliphatic carbocycles. The van der Waals surface area contributed by atoms with E-state index < -0.39 is 34.6 Å². The van der Waals surface area contributed by atoms with E-state index in [9.17, 15) is 24.0 Å². The zero-order chi connectivity index (χ0) is 20.6. The summed E-state index contributed by atoms with van der Waals surface area (Å²) in [6.45, 7) is 2.66. The molecular weight excluding hydrogens is 364 g/mol. The Bertz CT molecular complexity index is 1000.